The van der Waals surface area contributed by atoms with Crippen molar-refractivity contribution < 1.29 is 4.79 Å². The van der Waals surface area contributed by atoms with Gasteiger partial charge in [-0.25, -0.2) is 9.50 Å². The van der Waals surface area contributed by atoms with Crippen molar-refractivity contribution in [3.05, 3.63) is 47.2 Å². The molecule has 0 spiro atoms. The number of aryl methyl sites for hydroxylation is 3. The molecule has 4 heterocycles. The van der Waals surface area contributed by atoms with Gasteiger partial charge >= 0.3 is 0 Å². The molecule has 3 aromatic rings. The Morgan fingerprint density at radius 3 is 2.88 bits per heavy atom. The van der Waals surface area contributed by atoms with Crippen LogP contribution in [0, 0.1) is 20.8 Å². The van der Waals surface area contributed by atoms with Gasteiger partial charge in [-0.3, -0.25) is 9.48 Å². The summed E-state index contributed by atoms with van der Waals surface area (Å²) in [7, 11) is 0. The number of hydrogen-bond donors (Lipinski definition) is 0. The molecule has 1 aliphatic heterocycles. The molecule has 0 aromatic carbocycles. The van der Waals surface area contributed by atoms with E-state index in [1.54, 1.807) is 10.7 Å². The zero-order valence-corrected chi connectivity index (χ0v) is 14.8. The molecule has 1 aliphatic rings. The molecule has 0 N–H and O–H groups in total. The van der Waals surface area contributed by atoms with Crippen molar-refractivity contribution in [3.8, 4) is 0 Å². The highest BCUT2D eigenvalue weighted by molar-refractivity contribution is 5.99. The lowest BCUT2D eigenvalue weighted by Gasteiger charge is -2.24. The van der Waals surface area contributed by atoms with Crippen LogP contribution in [0.25, 0.3) is 5.65 Å². The molecule has 1 amide bonds. The standard InChI is InChI=1S/C18H22N6O/c1-12-6-8-23-17(20-12)16(10-19-23)18(25)22-7-4-5-15(22)11-24-14(3)9-13(2)21-24/h6,8-10,15H,4-5,7,11H2,1-3H3/t15-/m1/s1. The van der Waals surface area contributed by atoms with Crippen molar-refractivity contribution in [3.63, 3.8) is 0 Å². The smallest absolute Gasteiger partial charge is 0.259 e. The molecule has 7 nitrogen and oxygen atoms in total. The van der Waals surface area contributed by atoms with Crippen LogP contribution in [0.5, 0.6) is 0 Å². The first-order chi connectivity index (χ1) is 12.0. The Morgan fingerprint density at radius 1 is 1.28 bits per heavy atom. The lowest BCUT2D eigenvalue weighted by molar-refractivity contribution is 0.0723. The predicted octanol–water partition coefficient (Wildman–Crippen LogP) is 2.16. The summed E-state index contributed by atoms with van der Waals surface area (Å²) >= 11 is 0. The number of amides is 1. The molecule has 0 radical (unpaired) electrons. The molecule has 7 heteroatoms. The van der Waals surface area contributed by atoms with Crippen LogP contribution in [0.3, 0.4) is 0 Å². The Bertz CT molecular complexity index is 940. The van der Waals surface area contributed by atoms with E-state index in [-0.39, 0.29) is 11.9 Å². The quantitative estimate of drug-likeness (QED) is 0.734. The number of aromatic nitrogens is 5. The molecule has 1 saturated heterocycles. The molecular weight excluding hydrogens is 316 g/mol. The first-order valence-corrected chi connectivity index (χ1v) is 8.66. The van der Waals surface area contributed by atoms with Gasteiger partial charge in [0.25, 0.3) is 5.91 Å². The Balaban J connectivity index is 1.62. The second-order valence-electron chi connectivity index (χ2n) is 6.80. The first-order valence-electron chi connectivity index (χ1n) is 8.66. The minimum absolute atomic E-state index is 0.0112. The van der Waals surface area contributed by atoms with E-state index in [2.05, 4.69) is 28.2 Å². The molecule has 0 saturated carbocycles. The van der Waals surface area contributed by atoms with Gasteiger partial charge in [-0.15, -0.1) is 0 Å². The van der Waals surface area contributed by atoms with Gasteiger partial charge in [0, 0.05) is 24.1 Å². The van der Waals surface area contributed by atoms with Crippen molar-refractivity contribution in [2.24, 2.45) is 0 Å². The van der Waals surface area contributed by atoms with Gasteiger partial charge in [-0.1, -0.05) is 0 Å². The van der Waals surface area contributed by atoms with Crippen LogP contribution in [0.15, 0.2) is 24.5 Å². The van der Waals surface area contributed by atoms with E-state index in [0.717, 1.165) is 43.0 Å². The summed E-state index contributed by atoms with van der Waals surface area (Å²) in [5.74, 6) is 0.0112. The minimum atomic E-state index is 0.0112. The molecule has 25 heavy (non-hydrogen) atoms. The Labute approximate surface area is 146 Å². The van der Waals surface area contributed by atoms with Gasteiger partial charge in [-0.2, -0.15) is 10.2 Å². The molecule has 0 aliphatic carbocycles. The number of rotatable bonds is 3. The summed E-state index contributed by atoms with van der Waals surface area (Å²) in [5, 5.41) is 8.81. The average molecular weight is 338 g/mol. The summed E-state index contributed by atoms with van der Waals surface area (Å²) in [4.78, 5) is 19.6. The molecular formula is C18H22N6O. The number of carbonyl (C=O) groups excluding carboxylic acids is 1. The van der Waals surface area contributed by atoms with Crippen LogP contribution in [-0.4, -0.2) is 47.8 Å². The van der Waals surface area contributed by atoms with Crippen molar-refractivity contribution in [1.82, 2.24) is 29.3 Å². The summed E-state index contributed by atoms with van der Waals surface area (Å²) < 4.78 is 3.66. The molecule has 130 valence electrons. The Morgan fingerprint density at radius 2 is 2.12 bits per heavy atom. The number of carbonyl (C=O) groups is 1. The van der Waals surface area contributed by atoms with Crippen molar-refractivity contribution >= 4 is 11.6 Å². The van der Waals surface area contributed by atoms with Gasteiger partial charge in [0.2, 0.25) is 0 Å². The van der Waals surface area contributed by atoms with Gasteiger partial charge in [0.05, 0.1) is 24.5 Å². The Kier molecular flexibility index (Phi) is 3.78. The van der Waals surface area contributed by atoms with E-state index in [4.69, 9.17) is 0 Å². The SMILES string of the molecule is Cc1ccn2ncc(C(=O)N3CCC[C@@H]3Cn3nc(C)cc3C)c2n1. The van der Waals surface area contributed by atoms with Crippen molar-refractivity contribution in [2.75, 3.05) is 6.54 Å². The summed E-state index contributed by atoms with van der Waals surface area (Å²) in [5.41, 5.74) is 4.22. The van der Waals surface area contributed by atoms with Gasteiger partial charge < -0.3 is 4.90 Å². The third-order valence-corrected chi connectivity index (χ3v) is 4.86. The highest BCUT2D eigenvalue weighted by Crippen LogP contribution is 2.23. The van der Waals surface area contributed by atoms with Crippen LogP contribution in [-0.2, 0) is 6.54 Å². The van der Waals surface area contributed by atoms with Gasteiger partial charge in [-0.05, 0) is 45.7 Å². The molecule has 4 rings (SSSR count). The normalized spacial score (nSPS) is 17.6. The second kappa shape index (κ2) is 5.98. The van der Waals surface area contributed by atoms with E-state index in [1.165, 1.54) is 0 Å². The highest BCUT2D eigenvalue weighted by Gasteiger charge is 2.32. The highest BCUT2D eigenvalue weighted by atomic mass is 16.2. The summed E-state index contributed by atoms with van der Waals surface area (Å²) in [6.07, 6.45) is 5.48. The van der Waals surface area contributed by atoms with Gasteiger partial charge in [0.1, 0.15) is 5.56 Å². The van der Waals surface area contributed by atoms with E-state index >= 15 is 0 Å². The average Bonchev–Trinajstić information content (AvgIpc) is 3.26. The van der Waals surface area contributed by atoms with Crippen molar-refractivity contribution in [2.45, 2.75) is 46.2 Å². The third kappa shape index (κ3) is 2.79. The van der Waals surface area contributed by atoms with E-state index in [9.17, 15) is 4.79 Å². The van der Waals surface area contributed by atoms with Gasteiger partial charge in [0.15, 0.2) is 5.65 Å². The molecule has 0 bridgehead atoms. The van der Waals surface area contributed by atoms with Crippen LogP contribution in [0.4, 0.5) is 0 Å². The van der Waals surface area contributed by atoms with Crippen LogP contribution >= 0.6 is 0 Å². The zero-order chi connectivity index (χ0) is 17.6. The van der Waals surface area contributed by atoms with Crippen LogP contribution in [0.2, 0.25) is 0 Å². The Hall–Kier alpha value is -2.70. The lowest BCUT2D eigenvalue weighted by atomic mass is 10.2. The van der Waals surface area contributed by atoms with Crippen LogP contribution < -0.4 is 0 Å². The summed E-state index contributed by atoms with van der Waals surface area (Å²) in [6, 6.07) is 4.11. The number of nitrogens with zero attached hydrogens (tertiary/aromatic N) is 6. The molecule has 1 fully saturated rings. The van der Waals surface area contributed by atoms with Crippen LogP contribution in [0.1, 0.15) is 40.3 Å². The van der Waals surface area contributed by atoms with Crippen molar-refractivity contribution in [1.29, 1.82) is 0 Å². The lowest BCUT2D eigenvalue weighted by Crippen LogP contribution is -2.38. The molecule has 3 aromatic heterocycles. The number of likely N-dealkylation sites (tertiary alicyclic amines) is 1. The van der Waals surface area contributed by atoms with E-state index in [1.807, 2.05) is 35.7 Å². The van der Waals surface area contributed by atoms with E-state index < -0.39 is 0 Å². The second-order valence-corrected chi connectivity index (χ2v) is 6.80. The first kappa shape index (κ1) is 15.8. The number of hydrogen-bond acceptors (Lipinski definition) is 4. The number of fused-ring (bicyclic) bond motifs is 1. The maximum atomic E-state index is 13.1. The fourth-order valence-corrected chi connectivity index (χ4v) is 3.62. The summed E-state index contributed by atoms with van der Waals surface area (Å²) in [6.45, 7) is 7.47. The fraction of sp³-hybridized carbons (Fsp3) is 0.444. The predicted molar refractivity (Wildman–Crippen MR) is 93.5 cm³/mol. The largest absolute Gasteiger partial charge is 0.334 e. The maximum absolute atomic E-state index is 13.1. The fourth-order valence-electron chi connectivity index (χ4n) is 3.62. The zero-order valence-electron chi connectivity index (χ0n) is 14.8. The monoisotopic (exact) mass is 338 g/mol. The maximum Gasteiger partial charge on any atom is 0.259 e. The molecule has 0 unspecified atom stereocenters. The topological polar surface area (TPSA) is 68.3 Å². The third-order valence-electron chi connectivity index (χ3n) is 4.86. The minimum Gasteiger partial charge on any atom is -0.334 e. The van der Waals surface area contributed by atoms with E-state index in [0.29, 0.717) is 11.2 Å². The molecule has 1 atom stereocenters.